The van der Waals surface area contributed by atoms with Crippen LogP contribution in [-0.2, 0) is 22.5 Å². The minimum Gasteiger partial charge on any atom is -0.378 e. The molecule has 4 rings (SSSR count). The van der Waals surface area contributed by atoms with E-state index in [0.29, 0.717) is 72.6 Å². The van der Waals surface area contributed by atoms with Gasteiger partial charge in [-0.25, -0.2) is 9.37 Å². The van der Waals surface area contributed by atoms with Crippen LogP contribution in [0.2, 0.25) is 10.0 Å². The Bertz CT molecular complexity index is 1050. The summed E-state index contributed by atoms with van der Waals surface area (Å²) in [5.41, 5.74) is 1.99. The number of imidazole rings is 1. The van der Waals surface area contributed by atoms with E-state index in [1.165, 1.54) is 6.07 Å². The van der Waals surface area contributed by atoms with Gasteiger partial charge in [0, 0.05) is 32.5 Å². The molecule has 0 unspecified atom stereocenters. The van der Waals surface area contributed by atoms with Crippen molar-refractivity contribution in [1.82, 2.24) is 14.5 Å². The first-order valence-electron chi connectivity index (χ1n) is 9.46. The van der Waals surface area contributed by atoms with Gasteiger partial charge in [0.1, 0.15) is 11.6 Å². The van der Waals surface area contributed by atoms with Crippen LogP contribution in [0, 0.1) is 5.82 Å². The Hall–Kier alpha value is -2.15. The van der Waals surface area contributed by atoms with E-state index in [2.05, 4.69) is 4.98 Å². The van der Waals surface area contributed by atoms with E-state index in [4.69, 9.17) is 27.9 Å². The Labute approximate surface area is 178 Å². The lowest BCUT2D eigenvalue weighted by atomic mass is 10.1. The second-order valence-electron chi connectivity index (χ2n) is 6.95. The largest absolute Gasteiger partial charge is 0.378 e. The quantitative estimate of drug-likeness (QED) is 0.599. The minimum atomic E-state index is -0.286. The molecule has 29 heavy (non-hydrogen) atoms. The summed E-state index contributed by atoms with van der Waals surface area (Å²) < 4.78 is 21.4. The number of amides is 1. The summed E-state index contributed by atoms with van der Waals surface area (Å²) in [6, 6.07) is 10.1. The Morgan fingerprint density at radius 3 is 2.62 bits per heavy atom. The molecule has 1 amide bonds. The van der Waals surface area contributed by atoms with E-state index in [1.807, 2.05) is 9.47 Å². The van der Waals surface area contributed by atoms with Crippen molar-refractivity contribution in [3.05, 3.63) is 63.6 Å². The number of halogens is 3. The molecule has 1 aliphatic heterocycles. The van der Waals surface area contributed by atoms with Crippen molar-refractivity contribution >= 4 is 40.1 Å². The molecule has 1 aromatic heterocycles. The van der Waals surface area contributed by atoms with Gasteiger partial charge < -0.3 is 14.2 Å². The van der Waals surface area contributed by atoms with Crippen LogP contribution in [0.1, 0.15) is 17.8 Å². The maximum absolute atomic E-state index is 14.2. The number of ether oxygens (including phenoxy) is 1. The monoisotopic (exact) mass is 435 g/mol. The summed E-state index contributed by atoms with van der Waals surface area (Å²) >= 11 is 12.4. The molecule has 1 saturated heterocycles. The molecule has 1 fully saturated rings. The molecule has 152 valence electrons. The van der Waals surface area contributed by atoms with E-state index in [-0.39, 0.29) is 11.7 Å². The standard InChI is InChI=1S/C21H20Cl2FN3O2/c22-15-12-18-19(13-16(15)23)27(6-5-21(28)26-7-9-29-10-8-26)20(25-18)11-14-3-1-2-4-17(14)24/h1-4,12-13H,5-11H2. The van der Waals surface area contributed by atoms with Gasteiger partial charge in [0.2, 0.25) is 5.91 Å². The lowest BCUT2D eigenvalue weighted by Gasteiger charge is -2.27. The molecule has 2 heterocycles. The first-order valence-corrected chi connectivity index (χ1v) is 10.2. The Morgan fingerprint density at radius 1 is 1.14 bits per heavy atom. The van der Waals surface area contributed by atoms with Crippen molar-refractivity contribution in [2.45, 2.75) is 19.4 Å². The fraction of sp³-hybridized carbons (Fsp3) is 0.333. The van der Waals surface area contributed by atoms with E-state index in [9.17, 15) is 9.18 Å². The van der Waals surface area contributed by atoms with Crippen molar-refractivity contribution < 1.29 is 13.9 Å². The molecular weight excluding hydrogens is 416 g/mol. The number of fused-ring (bicyclic) bond motifs is 1. The average Bonchev–Trinajstić information content (AvgIpc) is 3.04. The Kier molecular flexibility index (Phi) is 6.04. The number of aryl methyl sites for hydroxylation is 1. The fourth-order valence-corrected chi connectivity index (χ4v) is 3.86. The number of hydrogen-bond donors (Lipinski definition) is 0. The number of hydrogen-bond acceptors (Lipinski definition) is 3. The zero-order valence-electron chi connectivity index (χ0n) is 15.7. The molecule has 8 heteroatoms. The fourth-order valence-electron chi connectivity index (χ4n) is 3.54. The van der Waals surface area contributed by atoms with Crippen LogP contribution in [0.15, 0.2) is 36.4 Å². The summed E-state index contributed by atoms with van der Waals surface area (Å²) in [5.74, 6) is 0.442. The summed E-state index contributed by atoms with van der Waals surface area (Å²) in [5, 5.41) is 0.822. The zero-order valence-corrected chi connectivity index (χ0v) is 17.2. The number of rotatable bonds is 5. The highest BCUT2D eigenvalue weighted by atomic mass is 35.5. The number of carbonyl (C=O) groups excluding carboxylic acids is 1. The minimum absolute atomic E-state index is 0.0621. The normalized spacial score (nSPS) is 14.5. The van der Waals surface area contributed by atoms with Gasteiger partial charge in [0.05, 0.1) is 34.3 Å². The highest BCUT2D eigenvalue weighted by Crippen LogP contribution is 2.29. The SMILES string of the molecule is O=C(CCn1c(Cc2ccccc2F)nc2cc(Cl)c(Cl)cc21)N1CCOCC1. The molecule has 0 N–H and O–H groups in total. The number of nitrogens with zero attached hydrogens (tertiary/aromatic N) is 3. The molecule has 0 radical (unpaired) electrons. The van der Waals surface area contributed by atoms with Gasteiger partial charge in [0.15, 0.2) is 0 Å². The third-order valence-electron chi connectivity index (χ3n) is 5.09. The smallest absolute Gasteiger partial charge is 0.224 e. The van der Waals surface area contributed by atoms with Crippen molar-refractivity contribution in [3.63, 3.8) is 0 Å². The molecule has 0 saturated carbocycles. The molecule has 1 aliphatic rings. The van der Waals surface area contributed by atoms with Gasteiger partial charge in [0.25, 0.3) is 0 Å². The average molecular weight is 436 g/mol. The maximum Gasteiger partial charge on any atom is 0.224 e. The van der Waals surface area contributed by atoms with Gasteiger partial charge in [-0.3, -0.25) is 4.79 Å². The van der Waals surface area contributed by atoms with Crippen molar-refractivity contribution in [1.29, 1.82) is 0 Å². The molecule has 2 aromatic carbocycles. The zero-order chi connectivity index (χ0) is 20.4. The maximum atomic E-state index is 14.2. The van der Waals surface area contributed by atoms with Crippen molar-refractivity contribution in [2.75, 3.05) is 26.3 Å². The molecular formula is C21H20Cl2FN3O2. The molecule has 0 atom stereocenters. The van der Waals surface area contributed by atoms with Crippen LogP contribution in [0.4, 0.5) is 4.39 Å². The molecule has 0 spiro atoms. The van der Waals surface area contributed by atoms with Gasteiger partial charge in [-0.2, -0.15) is 0 Å². The molecule has 3 aromatic rings. The van der Waals surface area contributed by atoms with Gasteiger partial charge in [-0.1, -0.05) is 41.4 Å². The van der Waals surface area contributed by atoms with Crippen LogP contribution < -0.4 is 0 Å². The van der Waals surface area contributed by atoms with E-state index < -0.39 is 0 Å². The first-order chi connectivity index (χ1) is 14.0. The summed E-state index contributed by atoms with van der Waals surface area (Å²) in [7, 11) is 0. The summed E-state index contributed by atoms with van der Waals surface area (Å²) in [4.78, 5) is 19.1. The van der Waals surface area contributed by atoms with E-state index in [0.717, 1.165) is 5.52 Å². The molecule has 0 bridgehead atoms. The lowest BCUT2D eigenvalue weighted by molar-refractivity contribution is -0.135. The van der Waals surface area contributed by atoms with E-state index >= 15 is 0 Å². The summed E-state index contributed by atoms with van der Waals surface area (Å²) in [6.45, 7) is 2.76. The van der Waals surface area contributed by atoms with Crippen LogP contribution >= 0.6 is 23.2 Å². The third-order valence-corrected chi connectivity index (χ3v) is 5.81. The highest BCUT2D eigenvalue weighted by molar-refractivity contribution is 6.42. The molecule has 5 nitrogen and oxygen atoms in total. The Balaban J connectivity index is 1.65. The lowest BCUT2D eigenvalue weighted by Crippen LogP contribution is -2.41. The van der Waals surface area contributed by atoms with Crippen LogP contribution in [0.3, 0.4) is 0 Å². The topological polar surface area (TPSA) is 47.4 Å². The van der Waals surface area contributed by atoms with Gasteiger partial charge in [-0.05, 0) is 23.8 Å². The number of morpholine rings is 1. The first kappa shape index (κ1) is 20.1. The third kappa shape index (κ3) is 4.39. The number of carbonyl (C=O) groups is 1. The van der Waals surface area contributed by atoms with E-state index in [1.54, 1.807) is 30.3 Å². The van der Waals surface area contributed by atoms with Crippen LogP contribution in [0.25, 0.3) is 11.0 Å². The second kappa shape index (κ2) is 8.69. The van der Waals surface area contributed by atoms with Gasteiger partial charge >= 0.3 is 0 Å². The predicted molar refractivity (Wildman–Crippen MR) is 111 cm³/mol. The van der Waals surface area contributed by atoms with Crippen molar-refractivity contribution in [3.8, 4) is 0 Å². The number of aromatic nitrogens is 2. The highest BCUT2D eigenvalue weighted by Gasteiger charge is 2.19. The number of benzene rings is 2. The summed E-state index contributed by atoms with van der Waals surface area (Å²) in [6.07, 6.45) is 0.623. The molecule has 0 aliphatic carbocycles. The van der Waals surface area contributed by atoms with Gasteiger partial charge in [-0.15, -0.1) is 0 Å². The van der Waals surface area contributed by atoms with Crippen LogP contribution in [-0.4, -0.2) is 46.7 Å². The van der Waals surface area contributed by atoms with Crippen LogP contribution in [0.5, 0.6) is 0 Å². The van der Waals surface area contributed by atoms with Crippen molar-refractivity contribution in [2.24, 2.45) is 0 Å². The second-order valence-corrected chi connectivity index (χ2v) is 7.76. The Morgan fingerprint density at radius 2 is 1.86 bits per heavy atom. The predicted octanol–water partition coefficient (Wildman–Crippen LogP) is 4.32.